The number of rotatable bonds is 14. The molecule has 1 aliphatic carbocycles. The molecule has 0 radical (unpaired) electrons. The van der Waals surface area contributed by atoms with Crippen LogP contribution in [0.15, 0.2) is 160 Å². The van der Waals surface area contributed by atoms with Crippen molar-refractivity contribution in [2.75, 3.05) is 6.61 Å². The van der Waals surface area contributed by atoms with Gasteiger partial charge in [-0.1, -0.05) is 86.6 Å². The number of aliphatic imine (C=N–C) groups is 1. The van der Waals surface area contributed by atoms with Crippen molar-refractivity contribution in [3.05, 3.63) is 155 Å². The lowest BCUT2D eigenvalue weighted by atomic mass is 9.99. The van der Waals surface area contributed by atoms with Gasteiger partial charge in [-0.25, -0.2) is 0 Å². The molecule has 1 aliphatic rings. The Balaban J connectivity index is 3.35. The molecule has 0 fully saturated rings. The first-order chi connectivity index (χ1) is 18.1. The van der Waals surface area contributed by atoms with E-state index >= 15 is 0 Å². The fraction of sp³-hybridized carbons (Fsp3) is 0.250. The van der Waals surface area contributed by atoms with E-state index in [9.17, 15) is 0 Å². The highest BCUT2D eigenvalue weighted by molar-refractivity contribution is 6.02. The van der Waals surface area contributed by atoms with E-state index in [-0.39, 0.29) is 0 Å². The Morgan fingerprint density at radius 2 is 1.66 bits per heavy atom. The van der Waals surface area contributed by atoms with Crippen molar-refractivity contribution in [1.82, 2.24) is 0 Å². The van der Waals surface area contributed by atoms with Crippen LogP contribution in [-0.2, 0) is 4.74 Å². The second-order valence-corrected chi connectivity index (χ2v) is 9.03. The van der Waals surface area contributed by atoms with E-state index in [0.717, 1.165) is 34.4 Å². The summed E-state index contributed by atoms with van der Waals surface area (Å²) in [5.74, 6) is 0.564. The Labute approximate surface area is 232 Å². The quantitative estimate of drug-likeness (QED) is 0.130. The van der Waals surface area contributed by atoms with Gasteiger partial charge in [0.1, 0.15) is 12.4 Å². The number of allylic oxidation sites excluding steroid dienone is 17. The normalized spacial score (nSPS) is 16.2. The second-order valence-electron chi connectivity index (χ2n) is 9.03. The molecule has 200 valence electrons. The summed E-state index contributed by atoms with van der Waals surface area (Å²) < 4.78 is 5.84. The van der Waals surface area contributed by atoms with E-state index in [0.29, 0.717) is 18.1 Å². The van der Waals surface area contributed by atoms with Crippen LogP contribution >= 0.6 is 0 Å². The number of hydrogen-bond acceptors (Lipinski definition) is 2. The van der Waals surface area contributed by atoms with Gasteiger partial charge >= 0.3 is 0 Å². The molecule has 0 bridgehead atoms. The summed E-state index contributed by atoms with van der Waals surface area (Å²) in [7, 11) is 0. The smallest absolute Gasteiger partial charge is 0.120 e. The average Bonchev–Trinajstić information content (AvgIpc) is 3.17. The standard InChI is InChI=1S/C36H45NO/c1-12-17-18-19-22-38-30(11)35(26(6)7)24-31(15-4)28(9)37-29(10)32(20-13-2)25-36-27(8)23-33(21-14-3)34(36)16-5/h12-21,24-25H,5-6,9,11,22-23H2,1-4,7-8,10H3/b17-12-,19-18-,20-13-,21-14-,31-15+,32-25+,35-24-,37-29?. The van der Waals surface area contributed by atoms with E-state index in [1.54, 1.807) is 0 Å². The fourth-order valence-corrected chi connectivity index (χ4v) is 4.01. The van der Waals surface area contributed by atoms with Gasteiger partial charge in [-0.3, -0.25) is 4.99 Å². The lowest BCUT2D eigenvalue weighted by molar-refractivity contribution is 0.259. The minimum absolute atomic E-state index is 0.431. The minimum Gasteiger partial charge on any atom is -0.490 e. The van der Waals surface area contributed by atoms with Crippen LogP contribution in [0.3, 0.4) is 0 Å². The molecule has 0 saturated heterocycles. The van der Waals surface area contributed by atoms with Crippen LogP contribution < -0.4 is 0 Å². The molecule has 2 nitrogen and oxygen atoms in total. The highest BCUT2D eigenvalue weighted by atomic mass is 16.5. The van der Waals surface area contributed by atoms with E-state index in [1.165, 1.54) is 22.3 Å². The molecule has 0 aromatic carbocycles. The van der Waals surface area contributed by atoms with Gasteiger partial charge in [0.25, 0.3) is 0 Å². The van der Waals surface area contributed by atoms with Gasteiger partial charge in [-0.2, -0.15) is 0 Å². The molecule has 0 aromatic heterocycles. The summed E-state index contributed by atoms with van der Waals surface area (Å²) in [6.07, 6.45) is 25.2. The van der Waals surface area contributed by atoms with Crippen molar-refractivity contribution in [2.45, 2.75) is 54.9 Å². The molecule has 0 spiro atoms. The highest BCUT2D eigenvalue weighted by Crippen LogP contribution is 2.35. The van der Waals surface area contributed by atoms with Crippen molar-refractivity contribution < 1.29 is 4.74 Å². The van der Waals surface area contributed by atoms with Gasteiger partial charge in [0.2, 0.25) is 0 Å². The number of ether oxygens (including phenoxy) is 1. The van der Waals surface area contributed by atoms with Crippen LogP contribution in [0.2, 0.25) is 0 Å². The third kappa shape index (κ3) is 9.52. The average molecular weight is 508 g/mol. The molecule has 0 aromatic rings. The molecule has 0 N–H and O–H groups in total. The first-order valence-electron chi connectivity index (χ1n) is 13.1. The molecule has 0 atom stereocenters. The largest absolute Gasteiger partial charge is 0.490 e. The van der Waals surface area contributed by atoms with E-state index in [2.05, 4.69) is 57.5 Å². The van der Waals surface area contributed by atoms with Gasteiger partial charge in [0, 0.05) is 11.3 Å². The first kappa shape index (κ1) is 32.1. The Bertz CT molecular complexity index is 1240. The van der Waals surface area contributed by atoms with Gasteiger partial charge in [-0.15, -0.1) is 0 Å². The Kier molecular flexibility index (Phi) is 14.2. The topological polar surface area (TPSA) is 21.6 Å². The van der Waals surface area contributed by atoms with Crippen molar-refractivity contribution in [3.8, 4) is 0 Å². The summed E-state index contributed by atoms with van der Waals surface area (Å²) in [6.45, 7) is 31.1. The van der Waals surface area contributed by atoms with E-state index < -0.39 is 0 Å². The lowest BCUT2D eigenvalue weighted by Gasteiger charge is -2.13. The monoisotopic (exact) mass is 507 g/mol. The lowest BCUT2D eigenvalue weighted by Crippen LogP contribution is -2.00. The molecule has 0 amide bonds. The molecule has 2 heteroatoms. The van der Waals surface area contributed by atoms with Gasteiger partial charge in [-0.05, 0) is 107 Å². The van der Waals surface area contributed by atoms with Gasteiger partial charge in [0.15, 0.2) is 0 Å². The predicted octanol–water partition coefficient (Wildman–Crippen LogP) is 10.4. The Hall–Kier alpha value is -3.91. The summed E-state index contributed by atoms with van der Waals surface area (Å²) in [4.78, 5) is 4.90. The van der Waals surface area contributed by atoms with E-state index in [4.69, 9.17) is 9.73 Å². The molecule has 0 unspecified atom stereocenters. The van der Waals surface area contributed by atoms with Gasteiger partial charge in [0.05, 0.1) is 5.70 Å². The molecule has 0 heterocycles. The van der Waals surface area contributed by atoms with Gasteiger partial charge < -0.3 is 4.74 Å². The maximum absolute atomic E-state index is 5.84. The zero-order chi connectivity index (χ0) is 28.7. The summed E-state index contributed by atoms with van der Waals surface area (Å²) in [5, 5.41) is 0. The Morgan fingerprint density at radius 1 is 0.947 bits per heavy atom. The summed E-state index contributed by atoms with van der Waals surface area (Å²) in [5.41, 5.74) is 10.1. The van der Waals surface area contributed by atoms with Crippen LogP contribution in [0.5, 0.6) is 0 Å². The predicted molar refractivity (Wildman–Crippen MR) is 170 cm³/mol. The van der Waals surface area contributed by atoms with Crippen molar-refractivity contribution >= 4 is 5.71 Å². The van der Waals surface area contributed by atoms with Crippen LogP contribution in [0, 0.1) is 0 Å². The number of nitrogens with zero attached hydrogens (tertiary/aromatic N) is 1. The van der Waals surface area contributed by atoms with Crippen molar-refractivity contribution in [1.29, 1.82) is 0 Å². The first-order valence-corrected chi connectivity index (χ1v) is 13.1. The van der Waals surface area contributed by atoms with Crippen molar-refractivity contribution in [3.63, 3.8) is 0 Å². The third-order valence-electron chi connectivity index (χ3n) is 5.99. The van der Waals surface area contributed by atoms with Crippen molar-refractivity contribution in [2.24, 2.45) is 4.99 Å². The summed E-state index contributed by atoms with van der Waals surface area (Å²) in [6, 6.07) is 0. The molecule has 0 aliphatic heterocycles. The second kappa shape index (κ2) is 16.8. The molecular weight excluding hydrogens is 462 g/mol. The zero-order valence-corrected chi connectivity index (χ0v) is 24.5. The SMILES string of the molecule is C=CC1=C(/C=C\C)CC(C)=C1/C=C(\C=C/C)C(C)=NC(=C)C(/C=C(/C(=C)C)C(=C)OC/C=C\C=C/C)=C/C. The fourth-order valence-electron chi connectivity index (χ4n) is 4.01. The Morgan fingerprint density at radius 3 is 2.21 bits per heavy atom. The minimum atomic E-state index is 0.431. The third-order valence-corrected chi connectivity index (χ3v) is 5.99. The molecule has 38 heavy (non-hydrogen) atoms. The van der Waals surface area contributed by atoms with Crippen LogP contribution in [0.25, 0.3) is 0 Å². The maximum Gasteiger partial charge on any atom is 0.120 e. The molecule has 1 rings (SSSR count). The number of hydrogen-bond donors (Lipinski definition) is 0. The molecule has 0 saturated carbocycles. The maximum atomic E-state index is 5.84. The van der Waals surface area contributed by atoms with Crippen LogP contribution in [0.1, 0.15) is 54.9 Å². The zero-order valence-electron chi connectivity index (χ0n) is 24.5. The van der Waals surface area contributed by atoms with Crippen LogP contribution in [0.4, 0.5) is 0 Å². The summed E-state index contributed by atoms with van der Waals surface area (Å²) >= 11 is 0. The van der Waals surface area contributed by atoms with Crippen LogP contribution in [-0.4, -0.2) is 12.3 Å². The highest BCUT2D eigenvalue weighted by Gasteiger charge is 2.17. The van der Waals surface area contributed by atoms with E-state index in [1.807, 2.05) is 90.2 Å². The molecular formula is C36H45NO.